The summed E-state index contributed by atoms with van der Waals surface area (Å²) in [5.74, 6) is 0. The van der Waals surface area contributed by atoms with Crippen molar-refractivity contribution in [3.05, 3.63) is 163 Å². The maximum atomic E-state index is 10.2. The minimum atomic E-state index is 0.630. The van der Waals surface area contributed by atoms with Gasteiger partial charge in [-0.05, 0) is 93.0 Å². The summed E-state index contributed by atoms with van der Waals surface area (Å²) < 4.78 is 4.63. The van der Waals surface area contributed by atoms with Gasteiger partial charge in [0.1, 0.15) is 16.1 Å². The molecule has 254 valence electrons. The molecule has 0 bridgehead atoms. The van der Waals surface area contributed by atoms with E-state index in [4.69, 9.17) is 9.97 Å². The van der Waals surface area contributed by atoms with Crippen LogP contribution in [0.4, 0.5) is 0 Å². The monoisotopic (exact) mass is 734 g/mol. The normalized spacial score (nSPS) is 12.0. The maximum Gasteiger partial charge on any atom is 0.124 e. The van der Waals surface area contributed by atoms with Crippen molar-refractivity contribution in [1.82, 2.24) is 14.5 Å². The summed E-state index contributed by atoms with van der Waals surface area (Å²) in [5.41, 5.74) is 7.72. The molecule has 55 heavy (non-hydrogen) atoms. The van der Waals surface area contributed by atoms with E-state index < -0.39 is 0 Å². The molecule has 4 nitrogen and oxygen atoms in total. The molecule has 6 heteroatoms. The second-order valence-electron chi connectivity index (χ2n) is 14.1. The smallest absolute Gasteiger partial charge is 0.124 e. The fourth-order valence-electron chi connectivity index (χ4n) is 8.51. The standard InChI is InChI=1S/C49H26N4S2/c50-27-34-9-3-6-12-41(34)53-42-23-19-32(48-51-39-21-17-30-15-13-28-7-1-4-10-35(28)44(30)46(39)54-48)25-37(42)38-26-33(20-24-43(38)53)49-52-40-22-18-31-16-14-29-8-2-5-11-36(29)45(31)47(40)55-49/h1-26H. The zero-order valence-corrected chi connectivity index (χ0v) is 30.7. The Hall–Kier alpha value is -6.91. The Bertz CT molecular complexity index is 3430. The van der Waals surface area contributed by atoms with Crippen LogP contribution in [-0.4, -0.2) is 14.5 Å². The number of rotatable bonds is 3. The number of hydrogen-bond donors (Lipinski definition) is 0. The molecule has 0 amide bonds. The molecule has 0 saturated heterocycles. The third-order valence-corrected chi connectivity index (χ3v) is 13.3. The van der Waals surface area contributed by atoms with Crippen LogP contribution >= 0.6 is 22.7 Å². The largest absolute Gasteiger partial charge is 0.308 e. The highest BCUT2D eigenvalue weighted by molar-refractivity contribution is 7.23. The molecule has 0 aliphatic heterocycles. The molecule has 0 aliphatic rings. The van der Waals surface area contributed by atoms with Gasteiger partial charge < -0.3 is 4.57 Å². The molecule has 0 spiro atoms. The molecule has 0 radical (unpaired) electrons. The van der Waals surface area contributed by atoms with Crippen molar-refractivity contribution >= 4 is 108 Å². The van der Waals surface area contributed by atoms with E-state index >= 15 is 0 Å². The van der Waals surface area contributed by atoms with Crippen molar-refractivity contribution in [2.24, 2.45) is 0 Å². The Balaban J connectivity index is 1.09. The predicted octanol–water partition coefficient (Wildman–Crippen LogP) is 13.8. The number of benzene rings is 9. The van der Waals surface area contributed by atoms with Crippen molar-refractivity contribution in [2.45, 2.75) is 0 Å². The molecule has 0 saturated carbocycles. The highest BCUT2D eigenvalue weighted by atomic mass is 32.1. The van der Waals surface area contributed by atoms with Gasteiger partial charge in [0, 0.05) is 32.7 Å². The van der Waals surface area contributed by atoms with E-state index in [2.05, 4.69) is 144 Å². The van der Waals surface area contributed by atoms with E-state index in [1.54, 1.807) is 22.7 Å². The Labute approximate surface area is 322 Å². The summed E-state index contributed by atoms with van der Waals surface area (Å²) in [6.07, 6.45) is 0. The number of aromatic nitrogens is 3. The topological polar surface area (TPSA) is 54.5 Å². The van der Waals surface area contributed by atoms with Crippen molar-refractivity contribution in [1.29, 1.82) is 5.26 Å². The SMILES string of the molecule is N#Cc1ccccc1-n1c2ccc(-c3nc4ccc5ccc6ccccc6c5c4s3)cc2c2cc(-c3nc4ccc5ccc6ccccc6c5c4s3)ccc21. The second-order valence-corrected chi connectivity index (χ2v) is 16.1. The third-order valence-electron chi connectivity index (χ3n) is 11.0. The lowest BCUT2D eigenvalue weighted by Crippen LogP contribution is -1.97. The minimum Gasteiger partial charge on any atom is -0.308 e. The average molecular weight is 735 g/mol. The fraction of sp³-hybridized carbons (Fsp3) is 0. The number of nitriles is 1. The van der Waals surface area contributed by atoms with Gasteiger partial charge in [0.2, 0.25) is 0 Å². The molecule has 12 aromatic rings. The lowest BCUT2D eigenvalue weighted by molar-refractivity contribution is 1.17. The lowest BCUT2D eigenvalue weighted by Gasteiger charge is -2.10. The first-order valence-electron chi connectivity index (χ1n) is 18.2. The van der Waals surface area contributed by atoms with E-state index in [-0.39, 0.29) is 0 Å². The van der Waals surface area contributed by atoms with E-state index in [0.717, 1.165) is 59.7 Å². The molecule has 12 rings (SSSR count). The fourth-order valence-corrected chi connectivity index (χ4v) is 10.8. The molecule has 0 N–H and O–H groups in total. The van der Waals surface area contributed by atoms with Gasteiger partial charge in [-0.3, -0.25) is 0 Å². The first-order chi connectivity index (χ1) is 27.2. The first-order valence-corrected chi connectivity index (χ1v) is 19.8. The van der Waals surface area contributed by atoms with Gasteiger partial charge in [0.05, 0.1) is 42.7 Å². The summed E-state index contributed by atoms with van der Waals surface area (Å²) in [4.78, 5) is 10.4. The van der Waals surface area contributed by atoms with Crippen LogP contribution in [0.5, 0.6) is 0 Å². The summed E-state index contributed by atoms with van der Waals surface area (Å²) in [6.45, 7) is 0. The number of thiazole rings is 2. The minimum absolute atomic E-state index is 0.630. The number of nitrogens with zero attached hydrogens (tertiary/aromatic N) is 4. The molecular weight excluding hydrogens is 709 g/mol. The van der Waals surface area contributed by atoms with Crippen LogP contribution in [0.1, 0.15) is 5.56 Å². The first kappa shape index (κ1) is 30.5. The second kappa shape index (κ2) is 11.5. The Morgan fingerprint density at radius 1 is 0.455 bits per heavy atom. The van der Waals surface area contributed by atoms with E-state index in [0.29, 0.717) is 5.56 Å². The number of fused-ring (bicyclic) bond motifs is 13. The predicted molar refractivity (Wildman–Crippen MR) is 233 cm³/mol. The molecule has 9 aromatic carbocycles. The summed E-state index contributed by atoms with van der Waals surface area (Å²) >= 11 is 3.51. The lowest BCUT2D eigenvalue weighted by atomic mass is 10.0. The van der Waals surface area contributed by atoms with E-state index in [1.807, 2.05) is 24.3 Å². The van der Waals surface area contributed by atoms with Crippen molar-refractivity contribution in [3.8, 4) is 32.9 Å². The van der Waals surface area contributed by atoms with Crippen molar-refractivity contribution in [3.63, 3.8) is 0 Å². The zero-order chi connectivity index (χ0) is 36.2. The summed E-state index contributed by atoms with van der Waals surface area (Å²) in [7, 11) is 0. The van der Waals surface area contributed by atoms with Crippen LogP contribution < -0.4 is 0 Å². The molecular formula is C49H26N4S2. The van der Waals surface area contributed by atoms with E-state index in [9.17, 15) is 5.26 Å². The molecule has 0 atom stereocenters. The van der Waals surface area contributed by atoms with Crippen molar-refractivity contribution < 1.29 is 0 Å². The van der Waals surface area contributed by atoms with Gasteiger partial charge in [0.15, 0.2) is 0 Å². The zero-order valence-electron chi connectivity index (χ0n) is 29.1. The Morgan fingerprint density at radius 2 is 0.927 bits per heavy atom. The summed E-state index contributed by atoms with van der Waals surface area (Å²) in [5, 5.41) is 24.3. The van der Waals surface area contributed by atoms with Gasteiger partial charge >= 0.3 is 0 Å². The third kappa shape index (κ3) is 4.49. The molecule has 0 fully saturated rings. The Kier molecular flexibility index (Phi) is 6.41. The quantitative estimate of drug-likeness (QED) is 0.170. The van der Waals surface area contributed by atoms with E-state index in [1.165, 1.54) is 52.5 Å². The molecule has 3 heterocycles. The molecule has 0 unspecified atom stereocenters. The van der Waals surface area contributed by atoms with Gasteiger partial charge in [-0.2, -0.15) is 5.26 Å². The number of hydrogen-bond acceptors (Lipinski definition) is 5. The van der Waals surface area contributed by atoms with Crippen LogP contribution in [0.25, 0.3) is 112 Å². The Morgan fingerprint density at radius 3 is 1.47 bits per heavy atom. The molecule has 0 aliphatic carbocycles. The van der Waals surface area contributed by atoms with Crippen molar-refractivity contribution in [2.75, 3.05) is 0 Å². The highest BCUT2D eigenvalue weighted by Gasteiger charge is 2.20. The van der Waals surface area contributed by atoms with Crippen LogP contribution in [0.15, 0.2) is 158 Å². The highest BCUT2D eigenvalue weighted by Crippen LogP contribution is 2.43. The molecule has 3 aromatic heterocycles. The summed E-state index contributed by atoms with van der Waals surface area (Å²) in [6, 6.07) is 58.3. The van der Waals surface area contributed by atoms with Gasteiger partial charge in [-0.25, -0.2) is 9.97 Å². The van der Waals surface area contributed by atoms with Crippen LogP contribution in [0.3, 0.4) is 0 Å². The maximum absolute atomic E-state index is 10.2. The van der Waals surface area contributed by atoms with Gasteiger partial charge in [0.25, 0.3) is 0 Å². The van der Waals surface area contributed by atoms with Crippen LogP contribution in [-0.2, 0) is 0 Å². The van der Waals surface area contributed by atoms with Crippen LogP contribution in [0.2, 0.25) is 0 Å². The average Bonchev–Trinajstić information content (AvgIpc) is 3.97. The van der Waals surface area contributed by atoms with Gasteiger partial charge in [-0.15, -0.1) is 22.7 Å². The number of para-hydroxylation sites is 1. The van der Waals surface area contributed by atoms with Gasteiger partial charge in [-0.1, -0.05) is 97.1 Å². The van der Waals surface area contributed by atoms with Crippen LogP contribution in [0, 0.1) is 11.3 Å².